The van der Waals surface area contributed by atoms with Gasteiger partial charge in [0.2, 0.25) is 0 Å². The Bertz CT molecular complexity index is 97.4. The quantitative estimate of drug-likeness (QED) is 0.640. The summed E-state index contributed by atoms with van der Waals surface area (Å²) in [7, 11) is 2.01. The van der Waals surface area contributed by atoms with Gasteiger partial charge in [0.05, 0.1) is 12.2 Å². The number of ether oxygens (including phenoxy) is 1. The first-order valence-electron chi connectivity index (χ1n) is 4.05. The van der Waals surface area contributed by atoms with Crippen molar-refractivity contribution in [2.75, 3.05) is 7.05 Å². The molecule has 0 bridgehead atoms. The fourth-order valence-electron chi connectivity index (χ4n) is 1.30. The van der Waals surface area contributed by atoms with Crippen molar-refractivity contribution in [1.82, 2.24) is 5.32 Å². The van der Waals surface area contributed by atoms with Crippen LogP contribution < -0.4 is 5.32 Å². The summed E-state index contributed by atoms with van der Waals surface area (Å²) in [5.74, 6) is 0. The molecule has 1 N–H and O–H groups in total. The van der Waals surface area contributed by atoms with Crippen molar-refractivity contribution in [3.05, 3.63) is 0 Å². The Kier molecular flexibility index (Phi) is 2.69. The van der Waals surface area contributed by atoms with E-state index in [9.17, 15) is 0 Å². The van der Waals surface area contributed by atoms with E-state index in [2.05, 4.69) is 19.2 Å². The van der Waals surface area contributed by atoms with Crippen LogP contribution in [0.2, 0.25) is 0 Å². The zero-order valence-corrected chi connectivity index (χ0v) is 7.05. The second-order valence-corrected chi connectivity index (χ2v) is 3.26. The molecule has 0 aromatic heterocycles. The molecule has 0 amide bonds. The molecule has 1 aliphatic rings. The van der Waals surface area contributed by atoms with E-state index < -0.39 is 0 Å². The summed E-state index contributed by atoms with van der Waals surface area (Å²) < 4.78 is 5.58. The van der Waals surface area contributed by atoms with E-state index in [0.717, 1.165) is 0 Å². The van der Waals surface area contributed by atoms with E-state index >= 15 is 0 Å². The van der Waals surface area contributed by atoms with Gasteiger partial charge >= 0.3 is 0 Å². The maximum atomic E-state index is 5.58. The number of rotatable bonds is 3. The largest absolute Gasteiger partial charge is 0.375 e. The van der Waals surface area contributed by atoms with Gasteiger partial charge in [-0.1, -0.05) is 0 Å². The standard InChI is InChI=1S/C8H17NO/c1-6(2)10-8-4-7(5-8)9-3/h6-9H,4-5H2,1-3H3. The smallest absolute Gasteiger partial charge is 0.0608 e. The Hall–Kier alpha value is -0.0800. The highest BCUT2D eigenvalue weighted by molar-refractivity contribution is 4.84. The number of nitrogens with one attached hydrogen (secondary N) is 1. The lowest BCUT2D eigenvalue weighted by Gasteiger charge is -2.35. The molecular formula is C8H17NO. The molecule has 0 unspecified atom stereocenters. The maximum Gasteiger partial charge on any atom is 0.0608 e. The van der Waals surface area contributed by atoms with Gasteiger partial charge in [0.25, 0.3) is 0 Å². The van der Waals surface area contributed by atoms with Crippen molar-refractivity contribution in [2.45, 2.75) is 44.9 Å². The molecule has 0 saturated heterocycles. The third-order valence-electron chi connectivity index (χ3n) is 1.97. The summed E-state index contributed by atoms with van der Waals surface area (Å²) in [6.45, 7) is 4.18. The second kappa shape index (κ2) is 3.35. The van der Waals surface area contributed by atoms with Gasteiger partial charge in [0.15, 0.2) is 0 Å². The highest BCUT2D eigenvalue weighted by atomic mass is 16.5. The summed E-state index contributed by atoms with van der Waals surface area (Å²) >= 11 is 0. The van der Waals surface area contributed by atoms with Crippen LogP contribution in [0.3, 0.4) is 0 Å². The van der Waals surface area contributed by atoms with Crippen molar-refractivity contribution in [1.29, 1.82) is 0 Å². The van der Waals surface area contributed by atoms with Crippen LogP contribution in [0.1, 0.15) is 26.7 Å². The Morgan fingerprint density at radius 3 is 2.40 bits per heavy atom. The van der Waals surface area contributed by atoms with E-state index in [4.69, 9.17) is 4.74 Å². The monoisotopic (exact) mass is 143 g/mol. The topological polar surface area (TPSA) is 21.3 Å². The Morgan fingerprint density at radius 2 is 2.00 bits per heavy atom. The van der Waals surface area contributed by atoms with Crippen LogP contribution in [0.25, 0.3) is 0 Å². The molecule has 10 heavy (non-hydrogen) atoms. The molecule has 0 radical (unpaired) electrons. The molecule has 1 rings (SSSR count). The van der Waals surface area contributed by atoms with Crippen molar-refractivity contribution in [3.8, 4) is 0 Å². The molecule has 1 saturated carbocycles. The fourth-order valence-corrected chi connectivity index (χ4v) is 1.30. The van der Waals surface area contributed by atoms with Gasteiger partial charge in [0.1, 0.15) is 0 Å². The van der Waals surface area contributed by atoms with Crippen LogP contribution in [0.5, 0.6) is 0 Å². The van der Waals surface area contributed by atoms with Crippen molar-refractivity contribution in [2.24, 2.45) is 0 Å². The van der Waals surface area contributed by atoms with Crippen LogP contribution in [0, 0.1) is 0 Å². The molecule has 2 heteroatoms. The van der Waals surface area contributed by atoms with E-state index in [1.165, 1.54) is 12.8 Å². The molecule has 0 aliphatic heterocycles. The first kappa shape index (κ1) is 8.02. The predicted molar refractivity (Wildman–Crippen MR) is 42.1 cm³/mol. The molecule has 1 fully saturated rings. The van der Waals surface area contributed by atoms with E-state index in [0.29, 0.717) is 18.2 Å². The molecule has 60 valence electrons. The maximum absolute atomic E-state index is 5.58. The minimum atomic E-state index is 0.391. The molecule has 0 aromatic rings. The zero-order valence-electron chi connectivity index (χ0n) is 7.05. The van der Waals surface area contributed by atoms with Gasteiger partial charge in [-0.2, -0.15) is 0 Å². The second-order valence-electron chi connectivity index (χ2n) is 3.26. The van der Waals surface area contributed by atoms with Crippen LogP contribution in [0.15, 0.2) is 0 Å². The first-order valence-corrected chi connectivity index (χ1v) is 4.05. The zero-order chi connectivity index (χ0) is 7.56. The van der Waals surface area contributed by atoms with Crippen molar-refractivity contribution >= 4 is 0 Å². The van der Waals surface area contributed by atoms with Crippen LogP contribution >= 0.6 is 0 Å². The summed E-state index contributed by atoms with van der Waals surface area (Å²) in [5.41, 5.74) is 0. The Morgan fingerprint density at radius 1 is 1.40 bits per heavy atom. The molecule has 0 spiro atoms. The third-order valence-corrected chi connectivity index (χ3v) is 1.97. The normalized spacial score (nSPS) is 32.4. The molecule has 2 nitrogen and oxygen atoms in total. The van der Waals surface area contributed by atoms with Gasteiger partial charge in [-0.25, -0.2) is 0 Å². The SMILES string of the molecule is CNC1CC(OC(C)C)C1. The van der Waals surface area contributed by atoms with Gasteiger partial charge in [0, 0.05) is 6.04 Å². The Labute approximate surface area is 63.0 Å². The van der Waals surface area contributed by atoms with Crippen LogP contribution in [-0.2, 0) is 4.74 Å². The molecule has 0 heterocycles. The molecule has 1 aliphatic carbocycles. The van der Waals surface area contributed by atoms with Crippen molar-refractivity contribution < 1.29 is 4.74 Å². The average Bonchev–Trinajstić information content (AvgIpc) is 1.76. The summed E-state index contributed by atoms with van der Waals surface area (Å²) in [5, 5.41) is 3.22. The minimum absolute atomic E-state index is 0.391. The lowest BCUT2D eigenvalue weighted by molar-refractivity contribution is -0.0485. The lowest BCUT2D eigenvalue weighted by Crippen LogP contribution is -2.44. The minimum Gasteiger partial charge on any atom is -0.375 e. The summed E-state index contributed by atoms with van der Waals surface area (Å²) in [6.07, 6.45) is 3.30. The lowest BCUT2D eigenvalue weighted by atomic mass is 9.89. The van der Waals surface area contributed by atoms with Gasteiger partial charge in [-0.15, -0.1) is 0 Å². The van der Waals surface area contributed by atoms with Gasteiger partial charge in [-0.05, 0) is 33.7 Å². The Balaban J connectivity index is 2.03. The number of hydrogen-bond donors (Lipinski definition) is 1. The van der Waals surface area contributed by atoms with Gasteiger partial charge in [-0.3, -0.25) is 0 Å². The number of hydrogen-bond acceptors (Lipinski definition) is 2. The third kappa shape index (κ3) is 1.96. The first-order chi connectivity index (χ1) is 4.72. The fraction of sp³-hybridized carbons (Fsp3) is 1.00. The van der Waals surface area contributed by atoms with Crippen LogP contribution in [-0.4, -0.2) is 25.3 Å². The molecule has 0 aromatic carbocycles. The molecule has 0 atom stereocenters. The summed E-state index contributed by atoms with van der Waals surface area (Å²) in [4.78, 5) is 0. The van der Waals surface area contributed by atoms with E-state index in [-0.39, 0.29) is 0 Å². The highest BCUT2D eigenvalue weighted by Crippen LogP contribution is 2.23. The van der Waals surface area contributed by atoms with E-state index in [1.54, 1.807) is 0 Å². The van der Waals surface area contributed by atoms with Crippen LogP contribution in [0.4, 0.5) is 0 Å². The average molecular weight is 143 g/mol. The van der Waals surface area contributed by atoms with E-state index in [1.807, 2.05) is 7.05 Å². The summed E-state index contributed by atoms with van der Waals surface area (Å²) in [6, 6.07) is 0.712. The van der Waals surface area contributed by atoms with Crippen molar-refractivity contribution in [3.63, 3.8) is 0 Å². The molecular weight excluding hydrogens is 126 g/mol. The van der Waals surface area contributed by atoms with Gasteiger partial charge < -0.3 is 10.1 Å². The predicted octanol–water partition coefficient (Wildman–Crippen LogP) is 1.16. The highest BCUT2D eigenvalue weighted by Gasteiger charge is 2.28.